The van der Waals surface area contributed by atoms with Gasteiger partial charge in [-0.15, -0.1) is 0 Å². The van der Waals surface area contributed by atoms with Crippen molar-refractivity contribution in [1.82, 2.24) is 15.5 Å². The Morgan fingerprint density at radius 3 is 2.18 bits per heavy atom. The summed E-state index contributed by atoms with van der Waals surface area (Å²) < 4.78 is 5.28. The van der Waals surface area contributed by atoms with Crippen LogP contribution in [0.15, 0.2) is 18.2 Å². The van der Waals surface area contributed by atoms with Crippen LogP contribution in [0.1, 0.15) is 97.4 Å². The second kappa shape index (κ2) is 12.2. The molecule has 0 aromatic heterocycles. The third-order valence-electron chi connectivity index (χ3n) is 5.91. The summed E-state index contributed by atoms with van der Waals surface area (Å²) in [4.78, 5) is 41.1. The van der Waals surface area contributed by atoms with Gasteiger partial charge in [0, 0.05) is 11.6 Å². The van der Waals surface area contributed by atoms with E-state index in [1.54, 1.807) is 25.7 Å². The molecule has 0 heterocycles. The fraction of sp³-hybridized carbons (Fsp3) is 0.667. The van der Waals surface area contributed by atoms with Gasteiger partial charge in [-0.1, -0.05) is 44.0 Å². The third-order valence-corrected chi connectivity index (χ3v) is 5.91. The molecule has 1 aromatic carbocycles. The lowest BCUT2D eigenvalue weighted by molar-refractivity contribution is -0.147. The van der Waals surface area contributed by atoms with Crippen molar-refractivity contribution in [3.63, 3.8) is 0 Å². The fourth-order valence-corrected chi connectivity index (χ4v) is 3.91. The fourth-order valence-electron chi connectivity index (χ4n) is 3.91. The van der Waals surface area contributed by atoms with Crippen LogP contribution in [0.5, 0.6) is 0 Å². The van der Waals surface area contributed by atoms with Crippen molar-refractivity contribution in [3.05, 3.63) is 34.9 Å². The molecule has 0 spiro atoms. The first-order valence-electron chi connectivity index (χ1n) is 12.3. The molecule has 3 amide bonds. The maximum absolute atomic E-state index is 13.7. The van der Waals surface area contributed by atoms with Gasteiger partial charge in [-0.2, -0.15) is 0 Å². The number of nitrogens with one attached hydrogen (secondary N) is 2. The van der Waals surface area contributed by atoms with E-state index in [1.165, 1.54) is 0 Å². The maximum Gasteiger partial charge on any atom is 0.408 e. The predicted octanol–water partition coefficient (Wildman–Crippen LogP) is 5.19. The highest BCUT2D eigenvalue weighted by Gasteiger charge is 2.40. The van der Waals surface area contributed by atoms with E-state index < -0.39 is 23.3 Å². The van der Waals surface area contributed by atoms with E-state index in [4.69, 9.17) is 4.74 Å². The molecule has 2 unspecified atom stereocenters. The number of carbonyl (C=O) groups is 3. The Labute approximate surface area is 206 Å². The van der Waals surface area contributed by atoms with Crippen molar-refractivity contribution in [1.29, 1.82) is 0 Å². The quantitative estimate of drug-likeness (QED) is 0.487. The summed E-state index contributed by atoms with van der Waals surface area (Å²) in [6, 6.07) is 5.05. The highest BCUT2D eigenvalue weighted by Crippen LogP contribution is 2.33. The number of hydrogen-bond acceptors (Lipinski definition) is 4. The van der Waals surface area contributed by atoms with Crippen molar-refractivity contribution in [2.24, 2.45) is 0 Å². The minimum atomic E-state index is -0.831. The van der Waals surface area contributed by atoms with Crippen molar-refractivity contribution in [3.8, 4) is 0 Å². The van der Waals surface area contributed by atoms with Gasteiger partial charge in [0.15, 0.2) is 0 Å². The van der Waals surface area contributed by atoms with Gasteiger partial charge in [0.25, 0.3) is 0 Å². The summed E-state index contributed by atoms with van der Waals surface area (Å²) >= 11 is 0. The van der Waals surface area contributed by atoms with E-state index in [0.717, 1.165) is 29.5 Å². The van der Waals surface area contributed by atoms with Crippen LogP contribution in [-0.4, -0.2) is 46.5 Å². The van der Waals surface area contributed by atoms with Crippen molar-refractivity contribution < 1.29 is 19.1 Å². The Hall–Kier alpha value is -2.57. The Bertz CT molecular complexity index is 858. The van der Waals surface area contributed by atoms with E-state index >= 15 is 0 Å². The van der Waals surface area contributed by atoms with Crippen LogP contribution in [0.3, 0.4) is 0 Å². The van der Waals surface area contributed by atoms with Crippen LogP contribution in [0.4, 0.5) is 4.79 Å². The molecule has 7 heteroatoms. The monoisotopic (exact) mass is 475 g/mol. The molecule has 1 rings (SSSR count). The third kappa shape index (κ3) is 8.65. The van der Waals surface area contributed by atoms with E-state index in [0.29, 0.717) is 6.42 Å². The van der Waals surface area contributed by atoms with Crippen LogP contribution in [0, 0.1) is 13.8 Å². The Morgan fingerprint density at radius 2 is 1.68 bits per heavy atom. The van der Waals surface area contributed by atoms with Crippen LogP contribution >= 0.6 is 0 Å². The summed E-state index contributed by atoms with van der Waals surface area (Å²) in [6.45, 7) is 18.9. The normalized spacial score (nSPS) is 13.6. The molecule has 0 bridgehead atoms. The number of aryl methyl sites for hydroxylation is 2. The van der Waals surface area contributed by atoms with Crippen LogP contribution in [0.2, 0.25) is 0 Å². The molecule has 0 aliphatic carbocycles. The van der Waals surface area contributed by atoms with Gasteiger partial charge >= 0.3 is 6.09 Å². The predicted molar refractivity (Wildman–Crippen MR) is 137 cm³/mol. The molecule has 7 nitrogen and oxygen atoms in total. The average molecular weight is 476 g/mol. The Morgan fingerprint density at radius 1 is 1.06 bits per heavy atom. The molecule has 0 saturated carbocycles. The van der Waals surface area contributed by atoms with Crippen LogP contribution in [0.25, 0.3) is 0 Å². The van der Waals surface area contributed by atoms with E-state index in [-0.39, 0.29) is 24.4 Å². The van der Waals surface area contributed by atoms with E-state index in [9.17, 15) is 14.4 Å². The lowest BCUT2D eigenvalue weighted by Gasteiger charge is -2.43. The number of carbonyl (C=O) groups excluding carboxylic acids is 3. The summed E-state index contributed by atoms with van der Waals surface area (Å²) in [5, 5.41) is 5.67. The van der Waals surface area contributed by atoms with Gasteiger partial charge in [-0.25, -0.2) is 4.79 Å². The summed E-state index contributed by atoms with van der Waals surface area (Å²) in [7, 11) is 0. The van der Waals surface area contributed by atoms with Gasteiger partial charge in [0.2, 0.25) is 11.8 Å². The molecular formula is C27H45N3O4. The topological polar surface area (TPSA) is 87.7 Å². The minimum absolute atomic E-state index is 0.0210. The zero-order valence-corrected chi connectivity index (χ0v) is 22.8. The molecule has 192 valence electrons. The summed E-state index contributed by atoms with van der Waals surface area (Å²) in [5.74, 6) is -0.568. The number of amides is 3. The second-order valence-corrected chi connectivity index (χ2v) is 10.7. The maximum atomic E-state index is 13.7. The molecule has 1 aromatic rings. The van der Waals surface area contributed by atoms with Gasteiger partial charge in [0.05, 0.1) is 0 Å². The smallest absolute Gasteiger partial charge is 0.408 e. The highest BCUT2D eigenvalue weighted by atomic mass is 16.6. The zero-order chi connectivity index (χ0) is 26.3. The Kier molecular flexibility index (Phi) is 10.6. The first-order valence-corrected chi connectivity index (χ1v) is 12.3. The average Bonchev–Trinajstić information content (AvgIpc) is 2.69. The second-order valence-electron chi connectivity index (χ2n) is 10.7. The van der Waals surface area contributed by atoms with Gasteiger partial charge in [-0.05, 0) is 79.4 Å². The Balaban J connectivity index is 3.44. The molecule has 0 saturated heterocycles. The first-order chi connectivity index (χ1) is 15.6. The number of nitrogens with zero attached hydrogens (tertiary/aromatic N) is 1. The van der Waals surface area contributed by atoms with Gasteiger partial charge in [0.1, 0.15) is 18.2 Å². The lowest BCUT2D eigenvalue weighted by Crippen LogP contribution is -2.56. The summed E-state index contributed by atoms with van der Waals surface area (Å²) in [6.07, 6.45) is 1.75. The highest BCUT2D eigenvalue weighted by molar-refractivity contribution is 5.91. The number of rotatable bonds is 10. The number of ether oxygens (including phenoxy) is 1. The van der Waals surface area contributed by atoms with Crippen molar-refractivity contribution >= 4 is 17.9 Å². The van der Waals surface area contributed by atoms with Crippen LogP contribution < -0.4 is 10.6 Å². The summed E-state index contributed by atoms with van der Waals surface area (Å²) in [5.41, 5.74) is 1.48. The molecular weight excluding hydrogens is 430 g/mol. The molecule has 0 fully saturated rings. The standard InChI is InChI=1S/C27H45N3O4/c1-11-13-20(5)29-24(32)23(21-15-14-18(3)16-19(21)4)30(27(9,10)12-2)22(31)17-28-25(33)34-26(6,7)8/h14-16,20,23H,11-13,17H2,1-10H3,(H,28,33)(H,29,32). The SMILES string of the molecule is CCCC(C)NC(=O)C(c1ccc(C)cc1C)N(C(=O)CNC(=O)OC(C)(C)C)C(C)(C)CC. The minimum Gasteiger partial charge on any atom is -0.444 e. The molecule has 34 heavy (non-hydrogen) atoms. The number of alkyl carbamates (subject to hydrolysis) is 1. The molecule has 0 aliphatic heterocycles. The first kappa shape index (κ1) is 29.5. The number of hydrogen-bond donors (Lipinski definition) is 2. The largest absolute Gasteiger partial charge is 0.444 e. The van der Waals surface area contributed by atoms with Crippen LogP contribution in [-0.2, 0) is 14.3 Å². The molecule has 2 atom stereocenters. The molecule has 0 radical (unpaired) electrons. The van der Waals surface area contributed by atoms with Crippen molar-refractivity contribution in [2.75, 3.05) is 6.54 Å². The van der Waals surface area contributed by atoms with Gasteiger partial charge < -0.3 is 20.3 Å². The van der Waals surface area contributed by atoms with Gasteiger partial charge in [-0.3, -0.25) is 9.59 Å². The van der Waals surface area contributed by atoms with E-state index in [2.05, 4.69) is 17.6 Å². The number of benzene rings is 1. The van der Waals surface area contributed by atoms with Crippen molar-refractivity contribution in [2.45, 2.75) is 112 Å². The van der Waals surface area contributed by atoms with E-state index in [1.807, 2.05) is 59.7 Å². The zero-order valence-electron chi connectivity index (χ0n) is 22.8. The molecule has 0 aliphatic rings. The lowest BCUT2D eigenvalue weighted by atomic mass is 9.90. The molecule has 2 N–H and O–H groups in total.